The van der Waals surface area contributed by atoms with Gasteiger partial charge >= 0.3 is 0 Å². The number of amides is 2. The summed E-state index contributed by atoms with van der Waals surface area (Å²) in [5, 5.41) is 3.11. The third-order valence-electron chi connectivity index (χ3n) is 6.28. The van der Waals surface area contributed by atoms with Crippen molar-refractivity contribution in [1.29, 1.82) is 0 Å². The standard InChI is InChI=1S/C21H36N4O2/c1-18(21(27)22-10-9-19-7-3-2-4-8-19)24-15-13-23(14-16-24)17-20(26)25-11-5-6-12-25/h7,18H,2-6,8-17H2,1H3,(H,22,27). The van der Waals surface area contributed by atoms with Gasteiger partial charge in [0.05, 0.1) is 12.6 Å². The maximum absolute atomic E-state index is 12.5. The fraction of sp³-hybridized carbons (Fsp3) is 0.810. The molecule has 2 aliphatic heterocycles. The smallest absolute Gasteiger partial charge is 0.237 e. The SMILES string of the molecule is CC(C(=O)NCCC1=CCCCC1)N1CCN(CC(=O)N2CCCC2)CC1. The average Bonchev–Trinajstić information content (AvgIpc) is 3.24. The van der Waals surface area contributed by atoms with Gasteiger partial charge in [0.25, 0.3) is 0 Å². The van der Waals surface area contributed by atoms with E-state index in [0.29, 0.717) is 6.54 Å². The summed E-state index contributed by atoms with van der Waals surface area (Å²) in [6.45, 7) is 8.57. The van der Waals surface area contributed by atoms with Crippen LogP contribution >= 0.6 is 0 Å². The quantitative estimate of drug-likeness (QED) is 0.686. The van der Waals surface area contributed by atoms with Crippen molar-refractivity contribution in [2.75, 3.05) is 52.4 Å². The number of rotatable bonds is 7. The first-order chi connectivity index (χ1) is 13.1. The van der Waals surface area contributed by atoms with Gasteiger partial charge in [0, 0.05) is 45.8 Å². The highest BCUT2D eigenvalue weighted by Crippen LogP contribution is 2.19. The minimum Gasteiger partial charge on any atom is -0.354 e. The van der Waals surface area contributed by atoms with E-state index in [1.54, 1.807) is 0 Å². The zero-order valence-electron chi connectivity index (χ0n) is 16.9. The van der Waals surface area contributed by atoms with Crippen LogP contribution in [0.1, 0.15) is 51.9 Å². The number of nitrogens with one attached hydrogen (secondary N) is 1. The maximum atomic E-state index is 12.5. The normalized spacial score (nSPS) is 23.1. The molecule has 0 radical (unpaired) electrons. The summed E-state index contributed by atoms with van der Waals surface area (Å²) in [7, 11) is 0. The van der Waals surface area contributed by atoms with Crippen LogP contribution in [-0.2, 0) is 9.59 Å². The molecule has 3 rings (SSSR count). The van der Waals surface area contributed by atoms with E-state index >= 15 is 0 Å². The molecule has 0 saturated carbocycles. The number of piperazine rings is 1. The molecule has 2 fully saturated rings. The Kier molecular flexibility index (Phi) is 7.70. The van der Waals surface area contributed by atoms with Gasteiger partial charge in [-0.1, -0.05) is 11.6 Å². The molecule has 0 aromatic carbocycles. The highest BCUT2D eigenvalue weighted by atomic mass is 16.2. The predicted octanol–water partition coefficient (Wildman–Crippen LogP) is 1.62. The second-order valence-corrected chi connectivity index (χ2v) is 8.23. The summed E-state index contributed by atoms with van der Waals surface area (Å²) < 4.78 is 0. The number of nitrogens with zero attached hydrogens (tertiary/aromatic N) is 3. The molecule has 6 heteroatoms. The third kappa shape index (κ3) is 6.04. The number of carbonyl (C=O) groups excluding carboxylic acids is 2. The van der Waals surface area contributed by atoms with Crippen LogP contribution in [0.15, 0.2) is 11.6 Å². The van der Waals surface area contributed by atoms with Crippen molar-refractivity contribution in [2.45, 2.75) is 57.9 Å². The summed E-state index contributed by atoms with van der Waals surface area (Å²) in [5.74, 6) is 0.400. The lowest BCUT2D eigenvalue weighted by Gasteiger charge is -2.37. The fourth-order valence-corrected chi connectivity index (χ4v) is 4.36. The summed E-state index contributed by atoms with van der Waals surface area (Å²) in [5.41, 5.74) is 1.51. The lowest BCUT2D eigenvalue weighted by atomic mass is 9.97. The van der Waals surface area contributed by atoms with Gasteiger partial charge in [-0.3, -0.25) is 19.4 Å². The van der Waals surface area contributed by atoms with E-state index in [1.807, 2.05) is 11.8 Å². The molecule has 0 bridgehead atoms. The Balaban J connectivity index is 1.33. The Bertz CT molecular complexity index is 534. The fourth-order valence-electron chi connectivity index (χ4n) is 4.36. The van der Waals surface area contributed by atoms with E-state index in [2.05, 4.69) is 21.2 Å². The molecule has 0 aromatic heterocycles. The zero-order valence-corrected chi connectivity index (χ0v) is 16.9. The molecule has 152 valence electrons. The van der Waals surface area contributed by atoms with Crippen LogP contribution in [0.3, 0.4) is 0 Å². The van der Waals surface area contributed by atoms with Crippen molar-refractivity contribution in [3.05, 3.63) is 11.6 Å². The topological polar surface area (TPSA) is 55.9 Å². The van der Waals surface area contributed by atoms with Crippen molar-refractivity contribution in [2.24, 2.45) is 0 Å². The Morgan fingerprint density at radius 1 is 1.04 bits per heavy atom. The molecule has 1 atom stereocenters. The van der Waals surface area contributed by atoms with Crippen molar-refractivity contribution < 1.29 is 9.59 Å². The van der Waals surface area contributed by atoms with Gasteiger partial charge < -0.3 is 10.2 Å². The first kappa shape index (κ1) is 20.3. The largest absolute Gasteiger partial charge is 0.354 e. The van der Waals surface area contributed by atoms with Gasteiger partial charge in [-0.15, -0.1) is 0 Å². The number of likely N-dealkylation sites (tertiary alicyclic amines) is 1. The van der Waals surface area contributed by atoms with Crippen LogP contribution in [0, 0.1) is 0 Å². The van der Waals surface area contributed by atoms with Gasteiger partial charge in [0.1, 0.15) is 0 Å². The molecule has 0 spiro atoms. The molecule has 2 amide bonds. The van der Waals surface area contributed by atoms with Gasteiger partial charge in [-0.05, 0) is 51.9 Å². The Morgan fingerprint density at radius 2 is 1.78 bits per heavy atom. The molecule has 0 aromatic rings. The minimum absolute atomic E-state index is 0.0956. The highest BCUT2D eigenvalue weighted by Gasteiger charge is 2.27. The number of hydrogen-bond donors (Lipinski definition) is 1. The molecule has 2 saturated heterocycles. The van der Waals surface area contributed by atoms with E-state index in [-0.39, 0.29) is 17.9 Å². The number of allylic oxidation sites excluding steroid dienone is 1. The third-order valence-corrected chi connectivity index (χ3v) is 6.28. The number of hydrogen-bond acceptors (Lipinski definition) is 4. The lowest BCUT2D eigenvalue weighted by molar-refractivity contribution is -0.133. The van der Waals surface area contributed by atoms with E-state index < -0.39 is 0 Å². The Morgan fingerprint density at radius 3 is 2.44 bits per heavy atom. The molecule has 1 unspecified atom stereocenters. The molecule has 1 aliphatic carbocycles. The van der Waals surface area contributed by atoms with E-state index in [0.717, 1.165) is 65.1 Å². The summed E-state index contributed by atoms with van der Waals surface area (Å²) >= 11 is 0. The number of carbonyl (C=O) groups is 2. The molecule has 3 aliphatic rings. The average molecular weight is 377 g/mol. The highest BCUT2D eigenvalue weighted by molar-refractivity contribution is 5.81. The first-order valence-electron chi connectivity index (χ1n) is 10.8. The van der Waals surface area contributed by atoms with Crippen LogP contribution in [0.2, 0.25) is 0 Å². The van der Waals surface area contributed by atoms with Crippen molar-refractivity contribution in [3.63, 3.8) is 0 Å². The lowest BCUT2D eigenvalue weighted by Crippen LogP contribution is -2.55. The molecular weight excluding hydrogens is 340 g/mol. The summed E-state index contributed by atoms with van der Waals surface area (Å²) in [4.78, 5) is 31.2. The minimum atomic E-state index is -0.0956. The van der Waals surface area contributed by atoms with Gasteiger partial charge in [-0.2, -0.15) is 0 Å². The predicted molar refractivity (Wildman–Crippen MR) is 107 cm³/mol. The van der Waals surface area contributed by atoms with Crippen LogP contribution in [0.4, 0.5) is 0 Å². The summed E-state index contributed by atoms with van der Waals surface area (Å²) in [6, 6.07) is -0.0956. The van der Waals surface area contributed by atoms with Crippen LogP contribution in [-0.4, -0.2) is 84.9 Å². The molecule has 27 heavy (non-hydrogen) atoms. The van der Waals surface area contributed by atoms with Crippen LogP contribution in [0.5, 0.6) is 0 Å². The summed E-state index contributed by atoms with van der Waals surface area (Å²) in [6.07, 6.45) is 10.6. The van der Waals surface area contributed by atoms with Crippen molar-refractivity contribution in [3.8, 4) is 0 Å². The second-order valence-electron chi connectivity index (χ2n) is 8.23. The monoisotopic (exact) mass is 376 g/mol. The second kappa shape index (κ2) is 10.2. The van der Waals surface area contributed by atoms with E-state index in [1.165, 1.54) is 31.3 Å². The first-order valence-corrected chi connectivity index (χ1v) is 10.8. The maximum Gasteiger partial charge on any atom is 0.237 e. The molecule has 2 heterocycles. The van der Waals surface area contributed by atoms with Gasteiger partial charge in [0.15, 0.2) is 0 Å². The molecule has 6 nitrogen and oxygen atoms in total. The van der Waals surface area contributed by atoms with Crippen LogP contribution in [0.25, 0.3) is 0 Å². The van der Waals surface area contributed by atoms with Crippen LogP contribution < -0.4 is 5.32 Å². The van der Waals surface area contributed by atoms with Crippen molar-refractivity contribution in [1.82, 2.24) is 20.0 Å². The molecular formula is C21H36N4O2. The van der Waals surface area contributed by atoms with Gasteiger partial charge in [0.2, 0.25) is 11.8 Å². The Labute approximate surface area is 163 Å². The Hall–Kier alpha value is -1.40. The van der Waals surface area contributed by atoms with Crippen molar-refractivity contribution >= 4 is 11.8 Å². The van der Waals surface area contributed by atoms with E-state index in [4.69, 9.17) is 0 Å². The van der Waals surface area contributed by atoms with E-state index in [9.17, 15) is 9.59 Å². The zero-order chi connectivity index (χ0) is 19.1. The molecule has 1 N–H and O–H groups in total. The van der Waals surface area contributed by atoms with Gasteiger partial charge in [-0.25, -0.2) is 0 Å².